The standard InChI is InChI=1S/C12H14FN3O4/c1-20-12(17)15-6-4-14(5-7-15)11-3-2-9(16(18)19)8-10(11)13/h2-3,8H,4-7H2,1H3. The number of amides is 1. The molecule has 0 spiro atoms. The topological polar surface area (TPSA) is 75.9 Å². The van der Waals surface area contributed by atoms with E-state index in [1.54, 1.807) is 4.90 Å². The van der Waals surface area contributed by atoms with Gasteiger partial charge >= 0.3 is 6.09 Å². The third kappa shape index (κ3) is 2.79. The number of hydrogen-bond acceptors (Lipinski definition) is 5. The Morgan fingerprint density at radius 2 is 2.00 bits per heavy atom. The average Bonchev–Trinajstić information content (AvgIpc) is 2.46. The van der Waals surface area contributed by atoms with Gasteiger partial charge in [-0.05, 0) is 6.07 Å². The fraction of sp³-hybridized carbons (Fsp3) is 0.417. The van der Waals surface area contributed by atoms with E-state index in [0.717, 1.165) is 6.07 Å². The normalized spacial score (nSPS) is 15.1. The summed E-state index contributed by atoms with van der Waals surface area (Å²) in [6.07, 6.45) is -0.408. The van der Waals surface area contributed by atoms with E-state index in [-0.39, 0.29) is 5.69 Å². The Morgan fingerprint density at radius 3 is 2.50 bits per heavy atom. The molecule has 2 rings (SSSR count). The van der Waals surface area contributed by atoms with Gasteiger partial charge in [0.15, 0.2) is 5.82 Å². The minimum atomic E-state index is -0.637. The number of nitrogens with zero attached hydrogens (tertiary/aromatic N) is 3. The van der Waals surface area contributed by atoms with Crippen LogP contribution in [0, 0.1) is 15.9 Å². The van der Waals surface area contributed by atoms with Crippen LogP contribution in [0.1, 0.15) is 0 Å². The molecule has 0 atom stereocenters. The first kappa shape index (κ1) is 14.0. The van der Waals surface area contributed by atoms with Gasteiger partial charge in [0, 0.05) is 32.2 Å². The van der Waals surface area contributed by atoms with Crippen molar-refractivity contribution in [3.63, 3.8) is 0 Å². The van der Waals surface area contributed by atoms with Crippen molar-refractivity contribution >= 4 is 17.5 Å². The molecule has 0 unspecified atom stereocenters. The number of nitro groups is 1. The van der Waals surface area contributed by atoms with Crippen LogP contribution in [0.2, 0.25) is 0 Å². The number of benzene rings is 1. The molecule has 8 heteroatoms. The Morgan fingerprint density at radius 1 is 1.35 bits per heavy atom. The van der Waals surface area contributed by atoms with Gasteiger partial charge in [0.1, 0.15) is 0 Å². The van der Waals surface area contributed by atoms with Gasteiger partial charge in [0.05, 0.1) is 23.8 Å². The Labute approximate surface area is 114 Å². The zero-order valence-corrected chi connectivity index (χ0v) is 10.9. The first-order chi connectivity index (χ1) is 9.52. The van der Waals surface area contributed by atoms with Gasteiger partial charge in [-0.1, -0.05) is 0 Å². The van der Waals surface area contributed by atoms with Gasteiger partial charge in [-0.3, -0.25) is 10.1 Å². The van der Waals surface area contributed by atoms with Crippen LogP contribution in [-0.4, -0.2) is 49.2 Å². The van der Waals surface area contributed by atoms with E-state index in [1.165, 1.54) is 24.1 Å². The van der Waals surface area contributed by atoms with Gasteiger partial charge < -0.3 is 14.5 Å². The molecule has 1 saturated heterocycles. The van der Waals surface area contributed by atoms with E-state index < -0.39 is 16.8 Å². The largest absolute Gasteiger partial charge is 0.453 e. The number of anilines is 1. The van der Waals surface area contributed by atoms with E-state index in [1.807, 2.05) is 0 Å². The number of methoxy groups -OCH3 is 1. The van der Waals surface area contributed by atoms with E-state index in [9.17, 15) is 19.3 Å². The van der Waals surface area contributed by atoms with Crippen molar-refractivity contribution in [1.82, 2.24) is 4.90 Å². The van der Waals surface area contributed by atoms with Crippen molar-refractivity contribution in [2.45, 2.75) is 0 Å². The maximum atomic E-state index is 13.9. The first-order valence-electron chi connectivity index (χ1n) is 6.04. The number of non-ortho nitro benzene ring substituents is 1. The van der Waals surface area contributed by atoms with Crippen LogP contribution in [0.4, 0.5) is 20.6 Å². The van der Waals surface area contributed by atoms with Gasteiger partial charge in [0.2, 0.25) is 0 Å². The number of hydrogen-bond donors (Lipinski definition) is 0. The molecule has 1 aliphatic rings. The molecule has 108 valence electrons. The Balaban J connectivity index is 2.07. The molecular formula is C12H14FN3O4. The maximum Gasteiger partial charge on any atom is 0.409 e. The molecule has 1 amide bonds. The lowest BCUT2D eigenvalue weighted by molar-refractivity contribution is -0.385. The molecular weight excluding hydrogens is 269 g/mol. The lowest BCUT2D eigenvalue weighted by Gasteiger charge is -2.35. The summed E-state index contributed by atoms with van der Waals surface area (Å²) in [5.74, 6) is -0.634. The summed E-state index contributed by atoms with van der Waals surface area (Å²) in [6.45, 7) is 1.74. The third-order valence-electron chi connectivity index (χ3n) is 3.20. The summed E-state index contributed by atoms with van der Waals surface area (Å²) in [6, 6.07) is 3.56. The number of carbonyl (C=O) groups excluding carboxylic acids is 1. The Kier molecular flexibility index (Phi) is 4.02. The van der Waals surface area contributed by atoms with Crippen molar-refractivity contribution in [3.8, 4) is 0 Å². The second-order valence-electron chi connectivity index (χ2n) is 4.34. The molecule has 0 N–H and O–H groups in total. The molecule has 7 nitrogen and oxygen atoms in total. The Hall–Kier alpha value is -2.38. The minimum absolute atomic E-state index is 0.278. The molecule has 0 saturated carbocycles. The zero-order chi connectivity index (χ0) is 14.7. The zero-order valence-electron chi connectivity index (χ0n) is 10.9. The number of carbonyl (C=O) groups is 1. The highest BCUT2D eigenvalue weighted by atomic mass is 19.1. The molecule has 1 aliphatic heterocycles. The lowest BCUT2D eigenvalue weighted by atomic mass is 10.2. The summed E-state index contributed by atoms with van der Waals surface area (Å²) in [4.78, 5) is 24.5. The van der Waals surface area contributed by atoms with E-state index >= 15 is 0 Å². The number of halogens is 1. The number of rotatable bonds is 2. The highest BCUT2D eigenvalue weighted by molar-refractivity contribution is 5.68. The van der Waals surface area contributed by atoms with Crippen molar-refractivity contribution < 1.29 is 18.8 Å². The van der Waals surface area contributed by atoms with Crippen LogP contribution in [0.15, 0.2) is 18.2 Å². The second-order valence-corrected chi connectivity index (χ2v) is 4.34. The van der Waals surface area contributed by atoms with E-state index in [4.69, 9.17) is 0 Å². The minimum Gasteiger partial charge on any atom is -0.453 e. The van der Waals surface area contributed by atoms with Crippen LogP contribution >= 0.6 is 0 Å². The lowest BCUT2D eigenvalue weighted by Crippen LogP contribution is -2.49. The molecule has 1 fully saturated rings. The fourth-order valence-electron chi connectivity index (χ4n) is 2.12. The van der Waals surface area contributed by atoms with Crippen LogP contribution in [0.3, 0.4) is 0 Å². The first-order valence-corrected chi connectivity index (χ1v) is 6.04. The molecule has 1 heterocycles. The SMILES string of the molecule is COC(=O)N1CCN(c2ccc([N+](=O)[O-])cc2F)CC1. The van der Waals surface area contributed by atoms with Crippen LogP contribution in [0.5, 0.6) is 0 Å². The predicted octanol–water partition coefficient (Wildman–Crippen LogP) is 1.62. The van der Waals surface area contributed by atoms with E-state index in [0.29, 0.717) is 31.9 Å². The summed E-state index contributed by atoms with van der Waals surface area (Å²) in [5, 5.41) is 10.6. The summed E-state index contributed by atoms with van der Waals surface area (Å²) >= 11 is 0. The van der Waals surface area contributed by atoms with Crippen molar-refractivity contribution in [3.05, 3.63) is 34.1 Å². The van der Waals surface area contributed by atoms with Crippen molar-refractivity contribution in [2.75, 3.05) is 38.2 Å². The predicted molar refractivity (Wildman–Crippen MR) is 69.2 cm³/mol. The second kappa shape index (κ2) is 5.72. The van der Waals surface area contributed by atoms with Gasteiger partial charge in [0.25, 0.3) is 5.69 Å². The van der Waals surface area contributed by atoms with Crippen LogP contribution in [0.25, 0.3) is 0 Å². The fourth-order valence-corrected chi connectivity index (χ4v) is 2.12. The van der Waals surface area contributed by atoms with Gasteiger partial charge in [-0.15, -0.1) is 0 Å². The molecule has 1 aromatic rings. The number of ether oxygens (including phenoxy) is 1. The van der Waals surface area contributed by atoms with E-state index in [2.05, 4.69) is 4.74 Å². The average molecular weight is 283 g/mol. The summed E-state index contributed by atoms with van der Waals surface area (Å²) < 4.78 is 18.5. The number of piperazine rings is 1. The molecule has 1 aromatic carbocycles. The number of nitro benzene ring substituents is 1. The maximum absolute atomic E-state index is 13.9. The Bertz CT molecular complexity index is 529. The highest BCUT2D eigenvalue weighted by Gasteiger charge is 2.24. The highest BCUT2D eigenvalue weighted by Crippen LogP contribution is 2.25. The van der Waals surface area contributed by atoms with Crippen LogP contribution in [-0.2, 0) is 4.74 Å². The van der Waals surface area contributed by atoms with Gasteiger partial charge in [-0.25, -0.2) is 9.18 Å². The monoisotopic (exact) mass is 283 g/mol. The van der Waals surface area contributed by atoms with Crippen LogP contribution < -0.4 is 4.90 Å². The van der Waals surface area contributed by atoms with Crippen molar-refractivity contribution in [1.29, 1.82) is 0 Å². The molecule has 0 aliphatic carbocycles. The smallest absolute Gasteiger partial charge is 0.409 e. The van der Waals surface area contributed by atoms with Gasteiger partial charge in [-0.2, -0.15) is 0 Å². The third-order valence-corrected chi connectivity index (χ3v) is 3.20. The molecule has 0 aromatic heterocycles. The molecule has 0 bridgehead atoms. The molecule has 20 heavy (non-hydrogen) atoms. The molecule has 0 radical (unpaired) electrons. The van der Waals surface area contributed by atoms with Crippen molar-refractivity contribution in [2.24, 2.45) is 0 Å². The summed E-state index contributed by atoms with van der Waals surface area (Å²) in [5.41, 5.74) is 0.0274. The summed E-state index contributed by atoms with van der Waals surface area (Å²) in [7, 11) is 1.31. The quantitative estimate of drug-likeness (QED) is 0.609.